The van der Waals surface area contributed by atoms with Crippen LogP contribution in [0.5, 0.6) is 5.75 Å². The lowest BCUT2D eigenvalue weighted by molar-refractivity contribution is -0.144. The molecule has 24 heavy (non-hydrogen) atoms. The minimum Gasteiger partial charge on any atom is -0.493 e. The van der Waals surface area contributed by atoms with Crippen molar-refractivity contribution in [1.82, 2.24) is 5.32 Å². The highest BCUT2D eigenvalue weighted by Gasteiger charge is 2.29. The Morgan fingerprint density at radius 3 is 2.50 bits per heavy atom. The Bertz CT molecular complexity index is 562. The van der Waals surface area contributed by atoms with Crippen LogP contribution in [-0.2, 0) is 16.1 Å². The summed E-state index contributed by atoms with van der Waals surface area (Å²) in [7, 11) is 0. The summed E-state index contributed by atoms with van der Waals surface area (Å²) < 4.78 is 5.70. The summed E-state index contributed by atoms with van der Waals surface area (Å²) in [5, 5.41) is 12.0. The smallest absolute Gasteiger partial charge is 0.306 e. The van der Waals surface area contributed by atoms with E-state index in [2.05, 4.69) is 19.2 Å². The molecule has 0 aromatic heterocycles. The maximum absolute atomic E-state index is 12.3. The van der Waals surface area contributed by atoms with E-state index in [0.717, 1.165) is 11.3 Å². The summed E-state index contributed by atoms with van der Waals surface area (Å²) in [6.07, 6.45) is 2.48. The molecule has 5 heteroatoms. The molecular weight excluding hydrogens is 306 g/mol. The van der Waals surface area contributed by atoms with E-state index in [9.17, 15) is 9.59 Å². The molecule has 1 fully saturated rings. The fourth-order valence-electron chi connectivity index (χ4n) is 2.94. The van der Waals surface area contributed by atoms with Gasteiger partial charge in [-0.25, -0.2) is 0 Å². The average Bonchev–Trinajstić information content (AvgIpc) is 2.58. The number of nitrogens with one attached hydrogen (secondary N) is 1. The van der Waals surface area contributed by atoms with Crippen LogP contribution < -0.4 is 10.1 Å². The molecule has 1 amide bonds. The Morgan fingerprint density at radius 1 is 1.21 bits per heavy atom. The zero-order valence-electron chi connectivity index (χ0n) is 14.5. The second-order valence-corrected chi connectivity index (χ2v) is 6.96. The number of carboxylic acids is 1. The Balaban J connectivity index is 1.79. The number of rotatable bonds is 7. The Kier molecular flexibility index (Phi) is 6.64. The summed E-state index contributed by atoms with van der Waals surface area (Å²) in [6.45, 7) is 5.34. The van der Waals surface area contributed by atoms with Crippen molar-refractivity contribution in [3.8, 4) is 5.75 Å². The molecule has 0 atom stereocenters. The fraction of sp³-hybridized carbons (Fsp3) is 0.579. The summed E-state index contributed by atoms with van der Waals surface area (Å²) in [6, 6.07) is 7.75. The quantitative estimate of drug-likeness (QED) is 0.803. The molecule has 5 nitrogen and oxygen atoms in total. The first-order valence-electron chi connectivity index (χ1n) is 8.68. The number of benzene rings is 1. The van der Waals surface area contributed by atoms with Gasteiger partial charge in [-0.3, -0.25) is 9.59 Å². The Morgan fingerprint density at radius 2 is 1.88 bits per heavy atom. The molecule has 0 heterocycles. The largest absolute Gasteiger partial charge is 0.493 e. The molecule has 1 aliphatic rings. The van der Waals surface area contributed by atoms with Crippen molar-refractivity contribution in [2.45, 2.75) is 46.1 Å². The van der Waals surface area contributed by atoms with Crippen LogP contribution in [0.3, 0.4) is 0 Å². The first-order valence-corrected chi connectivity index (χ1v) is 8.68. The highest BCUT2D eigenvalue weighted by molar-refractivity contribution is 5.79. The van der Waals surface area contributed by atoms with Gasteiger partial charge in [-0.05, 0) is 49.3 Å². The zero-order chi connectivity index (χ0) is 17.5. The highest BCUT2D eigenvalue weighted by atomic mass is 16.5. The van der Waals surface area contributed by atoms with Gasteiger partial charge in [0.05, 0.1) is 12.5 Å². The molecular formula is C19H27NO4. The first kappa shape index (κ1) is 18.3. The van der Waals surface area contributed by atoms with Gasteiger partial charge in [-0.15, -0.1) is 0 Å². The van der Waals surface area contributed by atoms with Crippen molar-refractivity contribution in [2.24, 2.45) is 17.8 Å². The van der Waals surface area contributed by atoms with Crippen molar-refractivity contribution in [2.75, 3.05) is 6.61 Å². The van der Waals surface area contributed by atoms with Gasteiger partial charge >= 0.3 is 5.97 Å². The molecule has 1 aromatic carbocycles. The molecule has 0 bridgehead atoms. The van der Waals surface area contributed by atoms with E-state index in [1.165, 1.54) is 0 Å². The number of hydrogen-bond acceptors (Lipinski definition) is 3. The van der Waals surface area contributed by atoms with Crippen LogP contribution in [0.25, 0.3) is 0 Å². The minimum atomic E-state index is -0.743. The molecule has 1 saturated carbocycles. The van der Waals surface area contributed by atoms with Crippen molar-refractivity contribution in [3.63, 3.8) is 0 Å². The molecule has 1 aliphatic carbocycles. The number of hydrogen-bond donors (Lipinski definition) is 2. The van der Waals surface area contributed by atoms with Crippen LogP contribution in [0.4, 0.5) is 0 Å². The molecule has 0 aliphatic heterocycles. The van der Waals surface area contributed by atoms with E-state index in [1.807, 2.05) is 24.3 Å². The molecule has 0 spiro atoms. The van der Waals surface area contributed by atoms with E-state index in [-0.39, 0.29) is 17.7 Å². The van der Waals surface area contributed by atoms with Crippen molar-refractivity contribution < 1.29 is 19.4 Å². The molecule has 132 valence electrons. The number of ether oxygens (including phenoxy) is 1. The second-order valence-electron chi connectivity index (χ2n) is 6.96. The molecule has 0 saturated heterocycles. The lowest BCUT2D eigenvalue weighted by Gasteiger charge is -2.25. The van der Waals surface area contributed by atoms with Crippen LogP contribution in [0.2, 0.25) is 0 Å². The molecule has 2 N–H and O–H groups in total. The van der Waals surface area contributed by atoms with E-state index in [0.29, 0.717) is 44.8 Å². The van der Waals surface area contributed by atoms with Crippen LogP contribution in [0, 0.1) is 17.8 Å². The molecule has 0 unspecified atom stereocenters. The maximum Gasteiger partial charge on any atom is 0.306 e. The SMILES string of the molecule is CC(C)COc1cccc(CNC(=O)C2CCC(C(=O)O)CC2)c1. The third-order valence-electron chi connectivity index (χ3n) is 4.40. The lowest BCUT2D eigenvalue weighted by atomic mass is 9.81. The van der Waals surface area contributed by atoms with Gasteiger partial charge in [0.25, 0.3) is 0 Å². The molecule has 2 rings (SSSR count). The van der Waals surface area contributed by atoms with Crippen LogP contribution in [-0.4, -0.2) is 23.6 Å². The predicted molar refractivity (Wildman–Crippen MR) is 91.7 cm³/mol. The molecule has 0 radical (unpaired) electrons. The lowest BCUT2D eigenvalue weighted by Crippen LogP contribution is -2.34. The van der Waals surface area contributed by atoms with Gasteiger partial charge in [-0.2, -0.15) is 0 Å². The molecule has 1 aromatic rings. The van der Waals surface area contributed by atoms with Crippen LogP contribution in [0.15, 0.2) is 24.3 Å². The van der Waals surface area contributed by atoms with Crippen molar-refractivity contribution in [1.29, 1.82) is 0 Å². The summed E-state index contributed by atoms with van der Waals surface area (Å²) in [5.41, 5.74) is 1.00. The Hall–Kier alpha value is -2.04. The number of amides is 1. The van der Waals surface area contributed by atoms with Gasteiger partial charge in [0.2, 0.25) is 5.91 Å². The standard InChI is InChI=1S/C19H27NO4/c1-13(2)12-24-17-5-3-4-14(10-17)11-20-18(21)15-6-8-16(9-7-15)19(22)23/h3-5,10,13,15-16H,6-9,11-12H2,1-2H3,(H,20,21)(H,22,23). The van der Waals surface area contributed by atoms with Gasteiger partial charge < -0.3 is 15.2 Å². The fourth-order valence-corrected chi connectivity index (χ4v) is 2.94. The first-order chi connectivity index (χ1) is 11.5. The minimum absolute atomic E-state index is 0.0207. The predicted octanol–water partition coefficient (Wildman–Crippen LogP) is 3.23. The maximum atomic E-state index is 12.3. The van der Waals surface area contributed by atoms with Gasteiger partial charge in [0.1, 0.15) is 5.75 Å². The van der Waals surface area contributed by atoms with Gasteiger partial charge in [-0.1, -0.05) is 26.0 Å². The highest BCUT2D eigenvalue weighted by Crippen LogP contribution is 2.29. The number of carbonyl (C=O) groups is 2. The summed E-state index contributed by atoms with van der Waals surface area (Å²) >= 11 is 0. The van der Waals surface area contributed by atoms with Crippen molar-refractivity contribution >= 4 is 11.9 Å². The monoisotopic (exact) mass is 333 g/mol. The van der Waals surface area contributed by atoms with Crippen LogP contribution in [0.1, 0.15) is 45.1 Å². The van der Waals surface area contributed by atoms with Crippen LogP contribution >= 0.6 is 0 Å². The number of aliphatic carboxylic acids is 1. The van der Waals surface area contributed by atoms with E-state index >= 15 is 0 Å². The van der Waals surface area contributed by atoms with Gasteiger partial charge in [0, 0.05) is 12.5 Å². The van der Waals surface area contributed by atoms with Gasteiger partial charge in [0.15, 0.2) is 0 Å². The summed E-state index contributed by atoms with van der Waals surface area (Å²) in [5.74, 6) is 0.205. The Labute approximate surface area is 143 Å². The number of carboxylic acid groups (broad SMARTS) is 1. The zero-order valence-corrected chi connectivity index (χ0v) is 14.5. The van der Waals surface area contributed by atoms with E-state index in [1.54, 1.807) is 0 Å². The second kappa shape index (κ2) is 8.71. The normalized spacial score (nSPS) is 20.6. The van der Waals surface area contributed by atoms with E-state index < -0.39 is 5.97 Å². The van der Waals surface area contributed by atoms with Crippen molar-refractivity contribution in [3.05, 3.63) is 29.8 Å². The third kappa shape index (κ3) is 5.55. The third-order valence-corrected chi connectivity index (χ3v) is 4.40. The summed E-state index contributed by atoms with van der Waals surface area (Å²) in [4.78, 5) is 23.2. The number of carbonyl (C=O) groups excluding carboxylic acids is 1. The topological polar surface area (TPSA) is 75.6 Å². The van der Waals surface area contributed by atoms with E-state index in [4.69, 9.17) is 9.84 Å². The average molecular weight is 333 g/mol.